The van der Waals surface area contributed by atoms with Gasteiger partial charge in [-0.1, -0.05) is 36.4 Å². The highest BCUT2D eigenvalue weighted by Crippen LogP contribution is 2.34. The van der Waals surface area contributed by atoms with Crippen LogP contribution < -0.4 is 4.57 Å². The predicted octanol–water partition coefficient (Wildman–Crippen LogP) is 3.59. The summed E-state index contributed by atoms with van der Waals surface area (Å²) in [7, 11) is 0. The Hall–Kier alpha value is -3.40. The standard InChI is InChI=1S/C21H15N4/c1-2-7-16(8-3-1)25-19-12-17-13-22-10-11-23(17)21(19)24-14-15-6-4-5-9-18(15)20(24)25/h1-13H,14H2/q+1. The van der Waals surface area contributed by atoms with E-state index in [1.807, 2.05) is 18.6 Å². The van der Waals surface area contributed by atoms with Crippen molar-refractivity contribution < 1.29 is 4.57 Å². The lowest BCUT2D eigenvalue weighted by atomic mass is 10.1. The highest BCUT2D eigenvalue weighted by molar-refractivity contribution is 5.84. The van der Waals surface area contributed by atoms with Gasteiger partial charge in [0, 0.05) is 11.6 Å². The summed E-state index contributed by atoms with van der Waals surface area (Å²) in [5.74, 6) is 1.25. The van der Waals surface area contributed by atoms with Crippen molar-refractivity contribution in [2.75, 3.05) is 0 Å². The summed E-state index contributed by atoms with van der Waals surface area (Å²) in [6, 6.07) is 21.5. The molecule has 0 N–H and O–H groups in total. The second-order valence-corrected chi connectivity index (χ2v) is 6.46. The van der Waals surface area contributed by atoms with Gasteiger partial charge in [-0.2, -0.15) is 0 Å². The van der Waals surface area contributed by atoms with E-state index in [1.54, 1.807) is 0 Å². The Kier molecular flexibility index (Phi) is 2.37. The Bertz CT molecular complexity index is 1260. The van der Waals surface area contributed by atoms with Gasteiger partial charge in [0.2, 0.25) is 5.82 Å². The Balaban J connectivity index is 1.83. The van der Waals surface area contributed by atoms with E-state index in [-0.39, 0.29) is 0 Å². The first-order valence-corrected chi connectivity index (χ1v) is 8.45. The van der Waals surface area contributed by atoms with E-state index in [4.69, 9.17) is 0 Å². The zero-order valence-corrected chi connectivity index (χ0v) is 13.5. The van der Waals surface area contributed by atoms with Crippen LogP contribution in [0, 0.1) is 0 Å². The lowest BCUT2D eigenvalue weighted by Gasteiger charge is -2.03. The van der Waals surface area contributed by atoms with Gasteiger partial charge < -0.3 is 0 Å². The van der Waals surface area contributed by atoms with Crippen LogP contribution in [-0.4, -0.2) is 14.0 Å². The lowest BCUT2D eigenvalue weighted by molar-refractivity contribution is -0.648. The molecule has 1 aliphatic heterocycles. The molecule has 0 radical (unpaired) electrons. The molecular formula is C21H15N4+. The van der Waals surface area contributed by atoms with Gasteiger partial charge >= 0.3 is 0 Å². The molecule has 25 heavy (non-hydrogen) atoms. The molecule has 5 aromatic rings. The molecule has 0 fully saturated rings. The number of nitrogens with zero attached hydrogens (tertiary/aromatic N) is 4. The van der Waals surface area contributed by atoms with E-state index in [1.165, 1.54) is 33.8 Å². The van der Waals surface area contributed by atoms with Crippen LogP contribution in [0.15, 0.2) is 79.3 Å². The molecule has 3 aromatic heterocycles. The van der Waals surface area contributed by atoms with Crippen molar-refractivity contribution in [1.82, 2.24) is 14.0 Å². The van der Waals surface area contributed by atoms with Crippen LogP contribution in [0.25, 0.3) is 33.8 Å². The second-order valence-electron chi connectivity index (χ2n) is 6.46. The summed E-state index contributed by atoms with van der Waals surface area (Å²) in [6.45, 7) is 0.899. The fourth-order valence-corrected chi connectivity index (χ4v) is 4.07. The van der Waals surface area contributed by atoms with Gasteiger partial charge in [0.15, 0.2) is 5.52 Å². The zero-order chi connectivity index (χ0) is 16.4. The van der Waals surface area contributed by atoms with E-state index in [2.05, 4.69) is 79.2 Å². The molecule has 0 aliphatic carbocycles. The van der Waals surface area contributed by atoms with Crippen molar-refractivity contribution in [3.05, 3.63) is 84.8 Å². The Morgan fingerprint density at radius 3 is 2.72 bits per heavy atom. The average Bonchev–Trinajstić information content (AvgIpc) is 3.29. The third-order valence-corrected chi connectivity index (χ3v) is 5.09. The van der Waals surface area contributed by atoms with Crippen LogP contribution in [0.5, 0.6) is 0 Å². The van der Waals surface area contributed by atoms with Crippen LogP contribution in [-0.2, 0) is 6.54 Å². The number of hydrogen-bond acceptors (Lipinski definition) is 1. The molecule has 0 bridgehead atoms. The second kappa shape index (κ2) is 4.57. The largest absolute Gasteiger partial charge is 0.274 e. The van der Waals surface area contributed by atoms with E-state index in [0.29, 0.717) is 0 Å². The maximum absolute atomic E-state index is 4.28. The molecular weight excluding hydrogens is 308 g/mol. The molecule has 6 rings (SSSR count). The lowest BCUT2D eigenvalue weighted by Crippen LogP contribution is -2.32. The van der Waals surface area contributed by atoms with Crippen LogP contribution in [0.1, 0.15) is 5.56 Å². The number of aromatic nitrogens is 4. The van der Waals surface area contributed by atoms with Crippen molar-refractivity contribution >= 4 is 16.7 Å². The first-order valence-electron chi connectivity index (χ1n) is 8.45. The van der Waals surface area contributed by atoms with E-state index >= 15 is 0 Å². The maximum atomic E-state index is 4.28. The molecule has 0 saturated carbocycles. The molecule has 0 atom stereocenters. The SMILES string of the molecule is c1ccc(-n2c3[n+](c4c2cc2cnccn24)Cc2ccccc2-3)cc1. The Labute approximate surface area is 144 Å². The normalized spacial score (nSPS) is 12.6. The number of para-hydroxylation sites is 1. The van der Waals surface area contributed by atoms with Gasteiger partial charge in [-0.05, 0) is 18.2 Å². The third-order valence-electron chi connectivity index (χ3n) is 5.09. The topological polar surface area (TPSA) is 26.1 Å². The molecule has 0 amide bonds. The van der Waals surface area contributed by atoms with Gasteiger partial charge in [0.25, 0.3) is 5.65 Å². The van der Waals surface area contributed by atoms with Gasteiger partial charge in [-0.15, -0.1) is 0 Å². The predicted molar refractivity (Wildman–Crippen MR) is 96.8 cm³/mol. The first-order chi connectivity index (χ1) is 12.4. The minimum Gasteiger partial charge on any atom is -0.258 e. The Morgan fingerprint density at radius 2 is 1.80 bits per heavy atom. The van der Waals surface area contributed by atoms with Gasteiger partial charge in [0.05, 0.1) is 30.7 Å². The smallest absolute Gasteiger partial charge is 0.258 e. The molecule has 1 aliphatic rings. The molecule has 0 unspecified atom stereocenters. The maximum Gasteiger partial charge on any atom is 0.274 e. The monoisotopic (exact) mass is 323 g/mol. The number of rotatable bonds is 1. The number of fused-ring (bicyclic) bond motifs is 7. The summed E-state index contributed by atoms with van der Waals surface area (Å²) < 4.78 is 7.02. The summed E-state index contributed by atoms with van der Waals surface area (Å²) in [5.41, 5.74) is 7.40. The summed E-state index contributed by atoms with van der Waals surface area (Å²) in [6.07, 6.45) is 5.81. The van der Waals surface area contributed by atoms with E-state index in [9.17, 15) is 0 Å². The van der Waals surface area contributed by atoms with Crippen LogP contribution in [0.4, 0.5) is 0 Å². The fourth-order valence-electron chi connectivity index (χ4n) is 4.07. The van der Waals surface area contributed by atoms with Crippen molar-refractivity contribution in [1.29, 1.82) is 0 Å². The average molecular weight is 323 g/mol. The van der Waals surface area contributed by atoms with Crippen LogP contribution >= 0.6 is 0 Å². The zero-order valence-electron chi connectivity index (χ0n) is 13.5. The summed E-state index contributed by atoms with van der Waals surface area (Å²) in [5, 5.41) is 0. The fraction of sp³-hybridized carbons (Fsp3) is 0.0476. The number of imidazole rings is 1. The van der Waals surface area contributed by atoms with Crippen LogP contribution in [0.2, 0.25) is 0 Å². The molecule has 0 saturated heterocycles. The molecule has 4 heteroatoms. The van der Waals surface area contributed by atoms with Gasteiger partial charge in [-0.25, -0.2) is 13.5 Å². The van der Waals surface area contributed by atoms with Crippen molar-refractivity contribution in [3.8, 4) is 17.1 Å². The van der Waals surface area contributed by atoms with E-state index < -0.39 is 0 Å². The molecule has 2 aromatic carbocycles. The van der Waals surface area contributed by atoms with Crippen molar-refractivity contribution in [3.63, 3.8) is 0 Å². The first kappa shape index (κ1) is 13.0. The van der Waals surface area contributed by atoms with Gasteiger partial charge in [0.1, 0.15) is 11.2 Å². The minimum atomic E-state index is 0.899. The molecule has 4 nitrogen and oxygen atoms in total. The summed E-state index contributed by atoms with van der Waals surface area (Å²) in [4.78, 5) is 4.28. The summed E-state index contributed by atoms with van der Waals surface area (Å²) >= 11 is 0. The van der Waals surface area contributed by atoms with Crippen molar-refractivity contribution in [2.24, 2.45) is 0 Å². The number of hydrogen-bond donors (Lipinski definition) is 0. The highest BCUT2D eigenvalue weighted by atomic mass is 15.2. The van der Waals surface area contributed by atoms with Gasteiger partial charge in [-0.3, -0.25) is 4.98 Å². The highest BCUT2D eigenvalue weighted by Gasteiger charge is 2.34. The quantitative estimate of drug-likeness (QED) is 0.425. The van der Waals surface area contributed by atoms with Crippen LogP contribution in [0.3, 0.4) is 0 Å². The molecule has 0 spiro atoms. The minimum absolute atomic E-state index is 0.899. The Morgan fingerprint density at radius 1 is 0.960 bits per heavy atom. The number of benzene rings is 2. The third kappa shape index (κ3) is 1.61. The van der Waals surface area contributed by atoms with E-state index in [0.717, 1.165) is 12.1 Å². The molecule has 4 heterocycles. The molecule has 118 valence electrons. The van der Waals surface area contributed by atoms with Crippen molar-refractivity contribution in [2.45, 2.75) is 6.54 Å².